The van der Waals surface area contributed by atoms with E-state index in [9.17, 15) is 13.2 Å². The number of carbonyl (C=O) groups excluding carboxylic acids is 1. The maximum absolute atomic E-state index is 11.9. The lowest BCUT2D eigenvalue weighted by Gasteiger charge is -2.09. The Labute approximate surface area is 113 Å². The number of esters is 1. The first kappa shape index (κ1) is 15.7. The molecule has 0 unspecified atom stereocenters. The molecule has 0 saturated carbocycles. The van der Waals surface area contributed by atoms with E-state index >= 15 is 0 Å². The molecule has 0 heterocycles. The Kier molecular flexibility index (Phi) is 5.98. The molecule has 1 aromatic rings. The molecule has 0 spiro atoms. The van der Waals surface area contributed by atoms with Crippen LogP contribution in [0.25, 0.3) is 0 Å². The summed E-state index contributed by atoms with van der Waals surface area (Å²) in [7, 11) is -0.474. The van der Waals surface area contributed by atoms with Crippen molar-refractivity contribution in [2.75, 3.05) is 26.6 Å². The highest BCUT2D eigenvalue weighted by atomic mass is 32.2. The van der Waals surface area contributed by atoms with Crippen molar-refractivity contribution in [2.45, 2.75) is 12.2 Å². The van der Waals surface area contributed by atoms with E-state index in [4.69, 9.17) is 4.74 Å². The molecule has 5 nitrogen and oxygen atoms in total. The van der Waals surface area contributed by atoms with Crippen molar-refractivity contribution in [3.8, 4) is 0 Å². The number of methoxy groups -OCH3 is 2. The summed E-state index contributed by atoms with van der Waals surface area (Å²) >= 11 is 0. The van der Waals surface area contributed by atoms with Gasteiger partial charge in [0.05, 0.1) is 31.6 Å². The van der Waals surface area contributed by atoms with E-state index in [1.54, 1.807) is 24.3 Å². The third kappa shape index (κ3) is 5.40. The number of sulfone groups is 1. The third-order valence-electron chi connectivity index (χ3n) is 2.65. The Morgan fingerprint density at radius 1 is 1.16 bits per heavy atom. The lowest BCUT2D eigenvalue weighted by molar-refractivity contribution is -0.139. The fraction of sp³-hybridized carbons (Fsp3) is 0.462. The van der Waals surface area contributed by atoms with E-state index in [-0.39, 0.29) is 30.5 Å². The molecule has 0 aliphatic heterocycles. The fourth-order valence-electron chi connectivity index (χ4n) is 1.62. The van der Waals surface area contributed by atoms with Gasteiger partial charge >= 0.3 is 5.97 Å². The molecule has 19 heavy (non-hydrogen) atoms. The monoisotopic (exact) mass is 286 g/mol. The second-order valence-corrected chi connectivity index (χ2v) is 6.29. The molecular weight excluding hydrogens is 268 g/mol. The van der Waals surface area contributed by atoms with Crippen LogP contribution in [0.15, 0.2) is 24.3 Å². The van der Waals surface area contributed by atoms with Crippen molar-refractivity contribution in [3.63, 3.8) is 0 Å². The first-order valence-electron chi connectivity index (χ1n) is 5.81. The van der Waals surface area contributed by atoms with E-state index in [2.05, 4.69) is 4.74 Å². The molecule has 0 fully saturated rings. The Morgan fingerprint density at radius 3 is 2.37 bits per heavy atom. The van der Waals surface area contributed by atoms with Gasteiger partial charge < -0.3 is 9.47 Å². The van der Waals surface area contributed by atoms with Crippen LogP contribution < -0.4 is 0 Å². The van der Waals surface area contributed by atoms with E-state index in [0.717, 1.165) is 0 Å². The summed E-state index contributed by atoms with van der Waals surface area (Å²) in [5.41, 5.74) is 1.30. The van der Waals surface area contributed by atoms with Gasteiger partial charge in [0.15, 0.2) is 9.84 Å². The zero-order valence-corrected chi connectivity index (χ0v) is 11.9. The second kappa shape index (κ2) is 7.25. The predicted octanol–water partition coefficient (Wildman–Crippen LogP) is 0.963. The molecule has 0 amide bonds. The number of ether oxygens (including phenoxy) is 2. The predicted molar refractivity (Wildman–Crippen MR) is 71.5 cm³/mol. The van der Waals surface area contributed by atoms with Gasteiger partial charge in [0.25, 0.3) is 0 Å². The van der Waals surface area contributed by atoms with Gasteiger partial charge in [-0.15, -0.1) is 0 Å². The van der Waals surface area contributed by atoms with Crippen LogP contribution in [0.5, 0.6) is 0 Å². The van der Waals surface area contributed by atoms with Gasteiger partial charge in [-0.1, -0.05) is 24.3 Å². The minimum Gasteiger partial charge on any atom is -0.469 e. The zero-order valence-electron chi connectivity index (χ0n) is 11.1. The van der Waals surface area contributed by atoms with Crippen molar-refractivity contribution in [3.05, 3.63) is 35.4 Å². The van der Waals surface area contributed by atoms with Crippen LogP contribution in [-0.2, 0) is 36.3 Å². The zero-order chi connectivity index (χ0) is 14.3. The number of benzene rings is 1. The third-order valence-corrected chi connectivity index (χ3v) is 4.19. The minimum atomic E-state index is -3.24. The maximum atomic E-state index is 11.9. The summed E-state index contributed by atoms with van der Waals surface area (Å²) < 4.78 is 33.1. The van der Waals surface area contributed by atoms with Crippen molar-refractivity contribution in [2.24, 2.45) is 0 Å². The van der Waals surface area contributed by atoms with Crippen molar-refractivity contribution in [1.29, 1.82) is 0 Å². The normalized spacial score (nSPS) is 11.3. The van der Waals surface area contributed by atoms with Crippen LogP contribution in [0.2, 0.25) is 0 Å². The molecule has 0 aliphatic carbocycles. The number of carbonyl (C=O) groups is 1. The summed E-state index contributed by atoms with van der Waals surface area (Å²) in [4.78, 5) is 11.3. The first-order chi connectivity index (χ1) is 8.98. The van der Waals surface area contributed by atoms with Crippen LogP contribution in [0.1, 0.15) is 11.1 Å². The summed E-state index contributed by atoms with van der Waals surface area (Å²) in [5.74, 6) is -0.513. The standard InChI is InChI=1S/C13H18O5S/c1-17-7-8-19(15,16)10-12-6-4-3-5-11(12)9-13(14)18-2/h3-6H,7-10H2,1-2H3. The average Bonchev–Trinajstić information content (AvgIpc) is 2.38. The Morgan fingerprint density at radius 2 is 1.79 bits per heavy atom. The van der Waals surface area contributed by atoms with E-state index in [1.165, 1.54) is 14.2 Å². The number of hydrogen-bond acceptors (Lipinski definition) is 5. The summed E-state index contributed by atoms with van der Waals surface area (Å²) in [6, 6.07) is 6.96. The summed E-state index contributed by atoms with van der Waals surface area (Å²) in [5, 5.41) is 0. The maximum Gasteiger partial charge on any atom is 0.309 e. The smallest absolute Gasteiger partial charge is 0.309 e. The van der Waals surface area contributed by atoms with Gasteiger partial charge in [-0.05, 0) is 11.1 Å². The molecule has 106 valence electrons. The van der Waals surface area contributed by atoms with Crippen molar-refractivity contribution in [1.82, 2.24) is 0 Å². The molecule has 1 rings (SSSR count). The molecule has 0 saturated heterocycles. The van der Waals surface area contributed by atoms with Gasteiger partial charge in [-0.3, -0.25) is 4.79 Å². The summed E-state index contributed by atoms with van der Waals surface area (Å²) in [6.45, 7) is 0.168. The van der Waals surface area contributed by atoms with E-state index < -0.39 is 9.84 Å². The Bertz CT molecular complexity index is 522. The van der Waals surface area contributed by atoms with Crippen LogP contribution >= 0.6 is 0 Å². The van der Waals surface area contributed by atoms with Crippen molar-refractivity contribution >= 4 is 15.8 Å². The van der Waals surface area contributed by atoms with Crippen LogP contribution in [-0.4, -0.2) is 41.0 Å². The first-order valence-corrected chi connectivity index (χ1v) is 7.63. The SMILES string of the molecule is COCCS(=O)(=O)Cc1ccccc1CC(=O)OC. The van der Waals surface area contributed by atoms with Crippen LogP contribution in [0.3, 0.4) is 0 Å². The highest BCUT2D eigenvalue weighted by molar-refractivity contribution is 7.90. The van der Waals surface area contributed by atoms with Gasteiger partial charge in [0.2, 0.25) is 0 Å². The van der Waals surface area contributed by atoms with Gasteiger partial charge in [0.1, 0.15) is 0 Å². The molecule has 0 bridgehead atoms. The number of hydrogen-bond donors (Lipinski definition) is 0. The highest BCUT2D eigenvalue weighted by Gasteiger charge is 2.15. The van der Waals surface area contributed by atoms with Crippen LogP contribution in [0.4, 0.5) is 0 Å². The van der Waals surface area contributed by atoms with E-state index in [0.29, 0.717) is 11.1 Å². The van der Waals surface area contributed by atoms with E-state index in [1.807, 2.05) is 0 Å². The molecular formula is C13H18O5S. The highest BCUT2D eigenvalue weighted by Crippen LogP contribution is 2.14. The molecule has 0 aliphatic rings. The molecule has 6 heteroatoms. The van der Waals surface area contributed by atoms with Gasteiger partial charge in [0, 0.05) is 7.11 Å². The summed E-state index contributed by atoms with van der Waals surface area (Å²) in [6.07, 6.45) is 0.0759. The largest absolute Gasteiger partial charge is 0.469 e. The molecule has 0 radical (unpaired) electrons. The Hall–Kier alpha value is -1.40. The quantitative estimate of drug-likeness (QED) is 0.698. The molecule has 0 N–H and O–H groups in total. The molecule has 1 aromatic carbocycles. The Balaban J connectivity index is 2.86. The van der Waals surface area contributed by atoms with Crippen LogP contribution in [0, 0.1) is 0 Å². The van der Waals surface area contributed by atoms with Gasteiger partial charge in [-0.25, -0.2) is 8.42 Å². The van der Waals surface area contributed by atoms with Crippen molar-refractivity contribution < 1.29 is 22.7 Å². The lowest BCUT2D eigenvalue weighted by Crippen LogP contribution is -2.15. The second-order valence-electron chi connectivity index (χ2n) is 4.11. The average molecular weight is 286 g/mol. The molecule has 0 atom stereocenters. The number of rotatable bonds is 7. The fourth-order valence-corrected chi connectivity index (χ4v) is 2.94. The van der Waals surface area contributed by atoms with Gasteiger partial charge in [-0.2, -0.15) is 0 Å². The topological polar surface area (TPSA) is 69.7 Å². The molecule has 0 aromatic heterocycles. The minimum absolute atomic E-state index is 0.0317. The lowest BCUT2D eigenvalue weighted by atomic mass is 10.1.